The predicted molar refractivity (Wildman–Crippen MR) is 123 cm³/mol. The molecule has 2 aliphatic heterocycles. The van der Waals surface area contributed by atoms with E-state index in [-0.39, 0.29) is 24.5 Å². The van der Waals surface area contributed by atoms with E-state index in [0.717, 1.165) is 34.0 Å². The Morgan fingerprint density at radius 2 is 1.97 bits per heavy atom. The molecule has 2 aliphatic rings. The molecule has 32 heavy (non-hydrogen) atoms. The first-order valence-corrected chi connectivity index (χ1v) is 10.9. The van der Waals surface area contributed by atoms with Gasteiger partial charge in [-0.05, 0) is 36.0 Å². The van der Waals surface area contributed by atoms with Crippen LogP contribution < -0.4 is 14.2 Å². The molecular formula is C24H20N2O5S. The molecule has 5 rings (SSSR count). The van der Waals surface area contributed by atoms with Gasteiger partial charge < -0.3 is 18.8 Å². The average molecular weight is 449 g/mol. The van der Waals surface area contributed by atoms with E-state index in [4.69, 9.17) is 14.2 Å². The lowest BCUT2D eigenvalue weighted by Gasteiger charge is -2.09. The van der Waals surface area contributed by atoms with Gasteiger partial charge >= 0.3 is 0 Å². The Bertz CT molecular complexity index is 1260. The van der Waals surface area contributed by atoms with Gasteiger partial charge in [0.15, 0.2) is 11.5 Å². The normalized spacial score (nSPS) is 16.4. The summed E-state index contributed by atoms with van der Waals surface area (Å²) in [6, 6.07) is 13.5. The van der Waals surface area contributed by atoms with E-state index in [2.05, 4.69) is 11.1 Å². The number of rotatable bonds is 7. The van der Waals surface area contributed by atoms with Gasteiger partial charge in [0.05, 0.1) is 11.4 Å². The fourth-order valence-electron chi connectivity index (χ4n) is 3.73. The molecule has 3 heterocycles. The molecule has 1 fully saturated rings. The van der Waals surface area contributed by atoms with E-state index in [1.54, 1.807) is 12.2 Å². The fraction of sp³-hybridized carbons (Fsp3) is 0.167. The summed E-state index contributed by atoms with van der Waals surface area (Å²) in [5.41, 5.74) is 1.91. The first-order chi connectivity index (χ1) is 15.6. The number of thioether (sulfide) groups is 1. The lowest BCUT2D eigenvalue weighted by Crippen LogP contribution is -2.27. The summed E-state index contributed by atoms with van der Waals surface area (Å²) in [5.74, 6) is 1.82. The predicted octanol–water partition coefficient (Wildman–Crippen LogP) is 4.67. The Kier molecular flexibility index (Phi) is 5.36. The molecule has 0 N–H and O–H groups in total. The van der Waals surface area contributed by atoms with E-state index in [9.17, 15) is 9.59 Å². The number of ether oxygens (including phenoxy) is 3. The van der Waals surface area contributed by atoms with Crippen LogP contribution in [0.2, 0.25) is 0 Å². The van der Waals surface area contributed by atoms with Crippen LogP contribution in [0.5, 0.6) is 17.2 Å². The smallest absolute Gasteiger partial charge is 0.293 e. The SMILES string of the molecule is C=CCN1C(=O)S/C(=C\c2cn(CCOc3ccc4c(c3)OCO4)c3ccccc23)C1=O. The molecule has 2 amide bonds. The summed E-state index contributed by atoms with van der Waals surface area (Å²) in [6.07, 6.45) is 5.31. The Hall–Kier alpha value is -3.65. The summed E-state index contributed by atoms with van der Waals surface area (Å²) >= 11 is 0.954. The van der Waals surface area contributed by atoms with Crippen molar-refractivity contribution in [3.8, 4) is 17.2 Å². The number of imide groups is 1. The molecule has 0 unspecified atom stereocenters. The highest BCUT2D eigenvalue weighted by Crippen LogP contribution is 2.36. The molecule has 0 bridgehead atoms. The molecule has 162 valence electrons. The van der Waals surface area contributed by atoms with Gasteiger partial charge in [-0.1, -0.05) is 24.3 Å². The molecule has 3 aromatic rings. The second-order valence-corrected chi connectivity index (χ2v) is 8.23. The summed E-state index contributed by atoms with van der Waals surface area (Å²) in [7, 11) is 0. The third-order valence-electron chi connectivity index (χ3n) is 5.24. The van der Waals surface area contributed by atoms with E-state index in [0.29, 0.717) is 29.6 Å². The maximum Gasteiger partial charge on any atom is 0.293 e. The maximum absolute atomic E-state index is 12.6. The van der Waals surface area contributed by atoms with Crippen LogP contribution in [0, 0.1) is 0 Å². The topological polar surface area (TPSA) is 70.0 Å². The largest absolute Gasteiger partial charge is 0.492 e. The van der Waals surface area contributed by atoms with Gasteiger partial charge in [0.2, 0.25) is 6.79 Å². The molecule has 7 nitrogen and oxygen atoms in total. The third kappa shape index (κ3) is 3.73. The molecule has 8 heteroatoms. The van der Waals surface area contributed by atoms with Crippen molar-refractivity contribution < 1.29 is 23.8 Å². The fourth-order valence-corrected chi connectivity index (χ4v) is 4.57. The molecule has 0 spiro atoms. The molecule has 0 aliphatic carbocycles. The Balaban J connectivity index is 1.35. The minimum absolute atomic E-state index is 0.209. The van der Waals surface area contributed by atoms with Crippen LogP contribution >= 0.6 is 11.8 Å². The zero-order chi connectivity index (χ0) is 22.1. The number of carbonyl (C=O) groups excluding carboxylic acids is 2. The number of hydrogen-bond donors (Lipinski definition) is 0. The molecule has 1 saturated heterocycles. The van der Waals surface area contributed by atoms with Crippen LogP contribution in [0.1, 0.15) is 5.56 Å². The number of aromatic nitrogens is 1. The monoisotopic (exact) mass is 448 g/mol. The summed E-state index contributed by atoms with van der Waals surface area (Å²) in [6.45, 7) is 5.11. The first-order valence-electron chi connectivity index (χ1n) is 10.1. The number of carbonyl (C=O) groups is 2. The Morgan fingerprint density at radius 1 is 1.12 bits per heavy atom. The van der Waals surface area contributed by atoms with Gasteiger partial charge in [-0.2, -0.15) is 0 Å². The highest BCUT2D eigenvalue weighted by molar-refractivity contribution is 8.18. The van der Waals surface area contributed by atoms with Crippen LogP contribution in [0.3, 0.4) is 0 Å². The van der Waals surface area contributed by atoms with Crippen LogP contribution in [-0.2, 0) is 11.3 Å². The highest BCUT2D eigenvalue weighted by atomic mass is 32.2. The van der Waals surface area contributed by atoms with Crippen molar-refractivity contribution >= 4 is 39.9 Å². The minimum atomic E-state index is -0.289. The first kappa shape index (κ1) is 20.3. The highest BCUT2D eigenvalue weighted by Gasteiger charge is 2.34. The molecule has 0 radical (unpaired) electrons. The van der Waals surface area contributed by atoms with Crippen molar-refractivity contribution in [3.63, 3.8) is 0 Å². The third-order valence-corrected chi connectivity index (χ3v) is 6.14. The van der Waals surface area contributed by atoms with E-state index in [1.807, 2.05) is 48.7 Å². The summed E-state index contributed by atoms with van der Waals surface area (Å²) in [5, 5.41) is 0.730. The number of amides is 2. The zero-order valence-corrected chi connectivity index (χ0v) is 18.0. The van der Waals surface area contributed by atoms with Crippen molar-refractivity contribution in [1.29, 1.82) is 0 Å². The van der Waals surface area contributed by atoms with Crippen molar-refractivity contribution in [3.05, 3.63) is 71.8 Å². The molecule has 0 atom stereocenters. The van der Waals surface area contributed by atoms with Gasteiger partial charge in [0.1, 0.15) is 12.4 Å². The van der Waals surface area contributed by atoms with Crippen LogP contribution in [-0.4, -0.2) is 40.6 Å². The van der Waals surface area contributed by atoms with Gasteiger partial charge in [0.25, 0.3) is 11.1 Å². The standard InChI is InChI=1S/C24H20N2O5S/c1-2-9-26-23(27)22(32-24(26)28)12-16-14-25(19-6-4-3-5-18(16)19)10-11-29-17-7-8-20-21(13-17)31-15-30-20/h2-8,12-14H,1,9-11,15H2/b22-12-. The number of para-hydroxylation sites is 1. The lowest BCUT2D eigenvalue weighted by molar-refractivity contribution is -0.122. The second kappa shape index (κ2) is 8.47. The van der Waals surface area contributed by atoms with Crippen molar-refractivity contribution in [1.82, 2.24) is 9.47 Å². The van der Waals surface area contributed by atoms with Crippen molar-refractivity contribution in [2.24, 2.45) is 0 Å². The van der Waals surface area contributed by atoms with Crippen molar-refractivity contribution in [2.75, 3.05) is 19.9 Å². The molecule has 2 aromatic carbocycles. The van der Waals surface area contributed by atoms with Crippen LogP contribution in [0.4, 0.5) is 4.79 Å². The number of benzene rings is 2. The molecule has 0 saturated carbocycles. The summed E-state index contributed by atoms with van der Waals surface area (Å²) < 4.78 is 18.7. The van der Waals surface area contributed by atoms with Gasteiger partial charge in [0, 0.05) is 35.3 Å². The van der Waals surface area contributed by atoms with Crippen LogP contribution in [0.15, 0.2) is 66.2 Å². The Morgan fingerprint density at radius 3 is 2.84 bits per heavy atom. The zero-order valence-electron chi connectivity index (χ0n) is 17.2. The summed E-state index contributed by atoms with van der Waals surface area (Å²) in [4.78, 5) is 26.3. The minimum Gasteiger partial charge on any atom is -0.492 e. The van der Waals surface area contributed by atoms with E-state index in [1.165, 1.54) is 4.90 Å². The number of nitrogens with zero attached hydrogens (tertiary/aromatic N) is 2. The second-order valence-electron chi connectivity index (χ2n) is 7.24. The van der Waals surface area contributed by atoms with Crippen molar-refractivity contribution in [2.45, 2.75) is 6.54 Å². The van der Waals surface area contributed by atoms with E-state index < -0.39 is 0 Å². The van der Waals surface area contributed by atoms with Crippen LogP contribution in [0.25, 0.3) is 17.0 Å². The lowest BCUT2D eigenvalue weighted by atomic mass is 10.1. The molecule has 1 aromatic heterocycles. The average Bonchev–Trinajstić information content (AvgIpc) is 3.47. The van der Waals surface area contributed by atoms with Gasteiger partial charge in [-0.25, -0.2) is 0 Å². The quantitative estimate of drug-likeness (QED) is 0.386. The maximum atomic E-state index is 12.6. The number of fused-ring (bicyclic) bond motifs is 2. The van der Waals surface area contributed by atoms with Gasteiger partial charge in [-0.15, -0.1) is 6.58 Å². The molecular weight excluding hydrogens is 428 g/mol. The van der Waals surface area contributed by atoms with Gasteiger partial charge in [-0.3, -0.25) is 14.5 Å². The van der Waals surface area contributed by atoms with E-state index >= 15 is 0 Å². The Labute approximate surface area is 188 Å². The number of hydrogen-bond acceptors (Lipinski definition) is 6.